The van der Waals surface area contributed by atoms with E-state index in [1.807, 2.05) is 13.8 Å². The molecular weight excluding hydrogens is 354 g/mol. The van der Waals surface area contributed by atoms with Crippen LogP contribution in [-0.2, 0) is 6.42 Å². The van der Waals surface area contributed by atoms with Gasteiger partial charge in [0.15, 0.2) is 0 Å². The minimum Gasteiger partial charge on any atom is -0.465 e. The molecule has 2 aliphatic carbocycles. The highest BCUT2D eigenvalue weighted by Crippen LogP contribution is 2.43. The van der Waals surface area contributed by atoms with Crippen LogP contribution in [0.15, 0.2) is 33.2 Å². The first-order valence-electron chi connectivity index (χ1n) is 8.24. The van der Waals surface area contributed by atoms with Gasteiger partial charge < -0.3 is 9.32 Å². The van der Waals surface area contributed by atoms with Crippen LogP contribution in [0.25, 0.3) is 0 Å². The zero-order valence-electron chi connectivity index (χ0n) is 13.4. The molecule has 3 nitrogen and oxygen atoms in total. The zero-order valence-corrected chi connectivity index (χ0v) is 15.0. The van der Waals surface area contributed by atoms with E-state index in [1.54, 1.807) is 0 Å². The molecule has 1 heterocycles. The van der Waals surface area contributed by atoms with Gasteiger partial charge in [-0.2, -0.15) is 0 Å². The molecule has 1 atom stereocenters. The van der Waals surface area contributed by atoms with Crippen LogP contribution < -0.4 is 0 Å². The molecule has 1 fully saturated rings. The van der Waals surface area contributed by atoms with E-state index in [0.29, 0.717) is 17.4 Å². The first-order valence-corrected chi connectivity index (χ1v) is 9.03. The second-order valence-corrected chi connectivity index (χ2v) is 7.39. The number of fused-ring (bicyclic) bond motifs is 1. The van der Waals surface area contributed by atoms with Crippen molar-refractivity contribution in [1.29, 1.82) is 0 Å². The summed E-state index contributed by atoms with van der Waals surface area (Å²) in [4.78, 5) is 15.4. The lowest BCUT2D eigenvalue weighted by Gasteiger charge is -2.30. The van der Waals surface area contributed by atoms with Crippen molar-refractivity contribution in [3.8, 4) is 0 Å². The number of hydrogen-bond donors (Lipinski definition) is 0. The van der Waals surface area contributed by atoms with Crippen LogP contribution in [0.4, 0.5) is 0 Å². The molecule has 1 aromatic carbocycles. The number of carbonyl (C=O) groups is 1. The molecule has 0 N–H and O–H groups in total. The fraction of sp³-hybridized carbons (Fsp3) is 0.421. The summed E-state index contributed by atoms with van der Waals surface area (Å²) >= 11 is 3.54. The molecule has 1 unspecified atom stereocenters. The lowest BCUT2D eigenvalue weighted by Crippen LogP contribution is -2.36. The summed E-state index contributed by atoms with van der Waals surface area (Å²) < 4.78 is 6.46. The van der Waals surface area contributed by atoms with Gasteiger partial charge in [0.1, 0.15) is 11.5 Å². The average Bonchev–Trinajstić information content (AvgIpc) is 3.21. The third-order valence-corrected chi connectivity index (χ3v) is 5.97. The Kier molecular flexibility index (Phi) is 3.60. The van der Waals surface area contributed by atoms with E-state index in [9.17, 15) is 4.79 Å². The third-order valence-electron chi connectivity index (χ3n) is 5.01. The quantitative estimate of drug-likeness (QED) is 0.762. The predicted molar refractivity (Wildman–Crippen MR) is 92.6 cm³/mol. The lowest BCUT2D eigenvalue weighted by molar-refractivity contribution is 0.0655. The van der Waals surface area contributed by atoms with Gasteiger partial charge in [-0.1, -0.05) is 24.3 Å². The van der Waals surface area contributed by atoms with Gasteiger partial charge in [-0.3, -0.25) is 4.79 Å². The maximum atomic E-state index is 13.3. The van der Waals surface area contributed by atoms with Crippen LogP contribution in [0.1, 0.15) is 58.3 Å². The van der Waals surface area contributed by atoms with Crippen molar-refractivity contribution < 1.29 is 9.21 Å². The number of nitrogens with zero attached hydrogens (tertiary/aromatic N) is 1. The summed E-state index contributed by atoms with van der Waals surface area (Å²) in [5, 5.41) is 0. The van der Waals surface area contributed by atoms with Crippen molar-refractivity contribution in [3.63, 3.8) is 0 Å². The second-order valence-electron chi connectivity index (χ2n) is 6.60. The molecule has 0 bridgehead atoms. The fourth-order valence-electron chi connectivity index (χ4n) is 3.77. The molecule has 0 radical (unpaired) electrons. The Morgan fingerprint density at radius 2 is 1.91 bits per heavy atom. The highest BCUT2D eigenvalue weighted by atomic mass is 79.9. The Morgan fingerprint density at radius 1 is 1.17 bits per heavy atom. The first-order chi connectivity index (χ1) is 11.1. The molecule has 4 heteroatoms. The molecule has 120 valence electrons. The summed E-state index contributed by atoms with van der Waals surface area (Å²) in [6.45, 7) is 3.76. The first kappa shape index (κ1) is 15.0. The van der Waals surface area contributed by atoms with Crippen molar-refractivity contribution in [2.24, 2.45) is 0 Å². The van der Waals surface area contributed by atoms with Crippen molar-refractivity contribution in [3.05, 3.63) is 56.9 Å². The molecule has 1 amide bonds. The van der Waals surface area contributed by atoms with Gasteiger partial charge in [0.2, 0.25) is 0 Å². The summed E-state index contributed by atoms with van der Waals surface area (Å²) in [7, 11) is 0. The topological polar surface area (TPSA) is 33.5 Å². The molecule has 2 aliphatic rings. The molecule has 0 aliphatic heterocycles. The summed E-state index contributed by atoms with van der Waals surface area (Å²) in [6.07, 6.45) is 4.30. The Morgan fingerprint density at radius 3 is 2.57 bits per heavy atom. The Balaban J connectivity index is 1.74. The highest BCUT2D eigenvalue weighted by Gasteiger charge is 2.42. The van der Waals surface area contributed by atoms with E-state index in [0.717, 1.165) is 35.9 Å². The van der Waals surface area contributed by atoms with Gasteiger partial charge in [0.05, 0.1) is 16.1 Å². The smallest absolute Gasteiger partial charge is 0.259 e. The van der Waals surface area contributed by atoms with E-state index in [1.165, 1.54) is 11.1 Å². The van der Waals surface area contributed by atoms with Crippen LogP contribution in [0.2, 0.25) is 0 Å². The fourth-order valence-corrected chi connectivity index (χ4v) is 4.30. The van der Waals surface area contributed by atoms with Crippen molar-refractivity contribution in [2.45, 2.75) is 51.6 Å². The minimum atomic E-state index is 0.107. The van der Waals surface area contributed by atoms with Crippen LogP contribution >= 0.6 is 15.9 Å². The number of hydrogen-bond acceptors (Lipinski definition) is 2. The van der Waals surface area contributed by atoms with Gasteiger partial charge >= 0.3 is 0 Å². The number of furan rings is 1. The standard InChI is InChI=1S/C19H20BrNO2/c1-11-17(18(20)12(2)23-11)19(22)21(14-8-9-14)16-10-7-13-5-3-4-6-15(13)16/h3-6,14,16H,7-10H2,1-2H3. The molecule has 0 spiro atoms. The number of carbonyl (C=O) groups excluding carboxylic acids is 1. The Hall–Kier alpha value is -1.55. The van der Waals surface area contributed by atoms with E-state index >= 15 is 0 Å². The number of rotatable bonds is 3. The summed E-state index contributed by atoms with van der Waals surface area (Å²) in [5.74, 6) is 1.58. The SMILES string of the molecule is Cc1oc(C)c(C(=O)N(C2CC2)C2CCc3ccccc32)c1Br. The van der Waals surface area contributed by atoms with Crippen molar-refractivity contribution in [1.82, 2.24) is 4.90 Å². The van der Waals surface area contributed by atoms with Gasteiger partial charge in [0.25, 0.3) is 5.91 Å². The van der Waals surface area contributed by atoms with Gasteiger partial charge in [-0.25, -0.2) is 0 Å². The number of benzene rings is 1. The van der Waals surface area contributed by atoms with Crippen LogP contribution in [-0.4, -0.2) is 16.8 Å². The maximum absolute atomic E-state index is 13.3. The van der Waals surface area contributed by atoms with Gasteiger partial charge in [-0.15, -0.1) is 0 Å². The van der Waals surface area contributed by atoms with Crippen LogP contribution in [0, 0.1) is 13.8 Å². The zero-order chi connectivity index (χ0) is 16.1. The van der Waals surface area contributed by atoms with Crippen LogP contribution in [0.5, 0.6) is 0 Å². The summed E-state index contributed by atoms with van der Waals surface area (Å²) in [6, 6.07) is 9.11. The van der Waals surface area contributed by atoms with E-state index in [-0.39, 0.29) is 11.9 Å². The maximum Gasteiger partial charge on any atom is 0.259 e. The lowest BCUT2D eigenvalue weighted by atomic mass is 10.1. The van der Waals surface area contributed by atoms with Crippen molar-refractivity contribution in [2.75, 3.05) is 0 Å². The minimum absolute atomic E-state index is 0.107. The molecular formula is C19H20BrNO2. The van der Waals surface area contributed by atoms with E-state index in [2.05, 4.69) is 45.1 Å². The number of halogens is 1. The summed E-state index contributed by atoms with van der Waals surface area (Å²) in [5.41, 5.74) is 3.40. The third kappa shape index (κ3) is 2.44. The van der Waals surface area contributed by atoms with Gasteiger partial charge in [-0.05, 0) is 66.6 Å². The van der Waals surface area contributed by atoms with Gasteiger partial charge in [0, 0.05) is 6.04 Å². The molecule has 1 aromatic heterocycles. The molecule has 1 saturated carbocycles. The monoisotopic (exact) mass is 373 g/mol. The number of aryl methyl sites for hydroxylation is 3. The molecule has 23 heavy (non-hydrogen) atoms. The Labute approximate surface area is 144 Å². The second kappa shape index (κ2) is 5.52. The average molecular weight is 374 g/mol. The normalized spacial score (nSPS) is 19.7. The molecule has 2 aromatic rings. The van der Waals surface area contributed by atoms with Crippen molar-refractivity contribution >= 4 is 21.8 Å². The highest BCUT2D eigenvalue weighted by molar-refractivity contribution is 9.10. The van der Waals surface area contributed by atoms with E-state index in [4.69, 9.17) is 4.42 Å². The van der Waals surface area contributed by atoms with Crippen LogP contribution in [0.3, 0.4) is 0 Å². The van der Waals surface area contributed by atoms with E-state index < -0.39 is 0 Å². The molecule has 4 rings (SSSR count). The molecule has 0 saturated heterocycles. The number of amides is 1. The Bertz CT molecular complexity index is 776. The predicted octanol–water partition coefficient (Wildman–Crippen LogP) is 4.95. The largest absolute Gasteiger partial charge is 0.465 e.